The van der Waals surface area contributed by atoms with Gasteiger partial charge in [-0.05, 0) is 12.8 Å². The third-order valence-corrected chi connectivity index (χ3v) is 4.18. The highest BCUT2D eigenvalue weighted by Crippen LogP contribution is 2.40. The van der Waals surface area contributed by atoms with E-state index in [9.17, 15) is 4.79 Å². The first-order chi connectivity index (χ1) is 8.76. The molecule has 10 heteroatoms. The zero-order chi connectivity index (χ0) is 16.2. The van der Waals surface area contributed by atoms with E-state index in [1.54, 1.807) is 0 Å². The maximum atomic E-state index is 11.2. The highest BCUT2D eigenvalue weighted by molar-refractivity contribution is 6.68. The van der Waals surface area contributed by atoms with E-state index in [1.807, 2.05) is 0 Å². The lowest BCUT2D eigenvalue weighted by molar-refractivity contribution is -0.110. The van der Waals surface area contributed by atoms with E-state index in [0.29, 0.717) is 6.29 Å². The van der Waals surface area contributed by atoms with E-state index in [-0.39, 0.29) is 25.7 Å². The van der Waals surface area contributed by atoms with Gasteiger partial charge in [0.15, 0.2) is 7.59 Å². The molecule has 0 radical (unpaired) electrons. The van der Waals surface area contributed by atoms with Crippen molar-refractivity contribution in [3.8, 4) is 0 Å². The molecule has 120 valence electrons. The van der Waals surface area contributed by atoms with Gasteiger partial charge >= 0.3 is 0 Å². The fraction of sp³-hybridized carbons (Fsp3) is 0.900. The standard InChI is InChI=1S/C10H11Cl9O/c11-6(3-9(14,15)16)1-8(13,5-20)2-7(12)4-10(17,18)19/h5-7H,1-4H2. The summed E-state index contributed by atoms with van der Waals surface area (Å²) >= 11 is 52.0. The number of halogens is 9. The van der Waals surface area contributed by atoms with Crippen LogP contribution < -0.4 is 0 Å². The van der Waals surface area contributed by atoms with Gasteiger partial charge in [0, 0.05) is 23.6 Å². The van der Waals surface area contributed by atoms with Crippen LogP contribution in [-0.4, -0.2) is 29.5 Å². The maximum absolute atomic E-state index is 11.2. The van der Waals surface area contributed by atoms with Crippen LogP contribution in [0.25, 0.3) is 0 Å². The molecule has 1 nitrogen and oxygen atoms in total. The number of aldehydes is 1. The first-order valence-electron chi connectivity index (χ1n) is 5.33. The van der Waals surface area contributed by atoms with Crippen LogP contribution in [0.4, 0.5) is 0 Å². The minimum Gasteiger partial charge on any atom is -0.301 e. The molecular weight excluding hydrogens is 455 g/mol. The van der Waals surface area contributed by atoms with Crippen LogP contribution in [0.15, 0.2) is 0 Å². The monoisotopic (exact) mass is 462 g/mol. The SMILES string of the molecule is O=CC(Cl)(CC(Cl)CC(Cl)(Cl)Cl)CC(Cl)CC(Cl)(Cl)Cl. The fourth-order valence-electron chi connectivity index (χ4n) is 1.56. The van der Waals surface area contributed by atoms with Gasteiger partial charge in [0.2, 0.25) is 0 Å². The summed E-state index contributed by atoms with van der Waals surface area (Å²) in [6.45, 7) is 0. The van der Waals surface area contributed by atoms with Gasteiger partial charge in [0.25, 0.3) is 0 Å². The predicted octanol–water partition coefficient (Wildman–Crippen LogP) is 6.68. The lowest BCUT2D eigenvalue weighted by atomic mass is 9.96. The van der Waals surface area contributed by atoms with Crippen LogP contribution in [0.5, 0.6) is 0 Å². The third-order valence-electron chi connectivity index (χ3n) is 2.24. The molecule has 0 bridgehead atoms. The van der Waals surface area contributed by atoms with Crippen LogP contribution in [-0.2, 0) is 4.79 Å². The highest BCUT2D eigenvalue weighted by Gasteiger charge is 2.37. The maximum Gasteiger partial charge on any atom is 0.192 e. The summed E-state index contributed by atoms with van der Waals surface area (Å²) in [7, 11) is 0. The van der Waals surface area contributed by atoms with Crippen molar-refractivity contribution < 1.29 is 4.79 Å². The molecule has 0 aliphatic heterocycles. The lowest BCUT2D eigenvalue weighted by Crippen LogP contribution is -2.33. The van der Waals surface area contributed by atoms with Gasteiger partial charge in [-0.2, -0.15) is 0 Å². The number of carbonyl (C=O) groups excluding carboxylic acids is 1. The Kier molecular flexibility index (Phi) is 9.96. The average Bonchev–Trinajstić information content (AvgIpc) is 2.09. The largest absolute Gasteiger partial charge is 0.301 e. The van der Waals surface area contributed by atoms with Crippen molar-refractivity contribution >= 4 is 111 Å². The molecule has 2 unspecified atom stereocenters. The molecule has 0 fully saturated rings. The van der Waals surface area contributed by atoms with Crippen LogP contribution in [0.1, 0.15) is 25.7 Å². The Hall–Kier alpha value is 2.28. The summed E-state index contributed by atoms with van der Waals surface area (Å²) in [5.74, 6) is 0. The molecule has 0 saturated carbocycles. The summed E-state index contributed by atoms with van der Waals surface area (Å²) in [4.78, 5) is 9.88. The summed E-state index contributed by atoms with van der Waals surface area (Å²) in [5, 5.41) is -1.22. The Morgan fingerprint density at radius 2 is 1.00 bits per heavy atom. The Labute approximate surface area is 163 Å². The van der Waals surface area contributed by atoms with Crippen molar-refractivity contribution in [2.24, 2.45) is 0 Å². The highest BCUT2D eigenvalue weighted by atomic mass is 35.6. The molecule has 0 aromatic heterocycles. The molecule has 0 spiro atoms. The van der Waals surface area contributed by atoms with Crippen molar-refractivity contribution in [3.05, 3.63) is 0 Å². The fourth-order valence-corrected chi connectivity index (χ4v) is 4.70. The normalized spacial score (nSPS) is 19.2. The van der Waals surface area contributed by atoms with Crippen LogP contribution in [0, 0.1) is 0 Å². The van der Waals surface area contributed by atoms with Gasteiger partial charge < -0.3 is 4.79 Å². The second kappa shape index (κ2) is 8.94. The first-order valence-corrected chi connectivity index (χ1v) is 8.85. The Morgan fingerprint density at radius 1 is 0.700 bits per heavy atom. The topological polar surface area (TPSA) is 17.1 Å². The zero-order valence-electron chi connectivity index (χ0n) is 9.87. The number of hydrogen-bond acceptors (Lipinski definition) is 1. The van der Waals surface area contributed by atoms with E-state index in [4.69, 9.17) is 104 Å². The van der Waals surface area contributed by atoms with E-state index < -0.39 is 23.2 Å². The summed E-state index contributed by atoms with van der Waals surface area (Å²) in [5.41, 5.74) is 0. The van der Waals surface area contributed by atoms with Gasteiger partial charge in [0.1, 0.15) is 11.2 Å². The molecule has 0 aliphatic rings. The Bertz CT molecular complexity index is 285. The summed E-state index contributed by atoms with van der Waals surface area (Å²) in [6.07, 6.45) is 0.793. The zero-order valence-corrected chi connectivity index (χ0v) is 16.7. The summed E-state index contributed by atoms with van der Waals surface area (Å²) in [6, 6.07) is 0. The predicted molar refractivity (Wildman–Crippen MR) is 93.0 cm³/mol. The molecule has 0 aliphatic carbocycles. The number of hydrogen-bond donors (Lipinski definition) is 0. The molecule has 0 N–H and O–H groups in total. The van der Waals surface area contributed by atoms with Crippen LogP contribution in [0.3, 0.4) is 0 Å². The van der Waals surface area contributed by atoms with Gasteiger partial charge in [-0.25, -0.2) is 0 Å². The number of alkyl halides is 9. The van der Waals surface area contributed by atoms with Crippen molar-refractivity contribution in [1.29, 1.82) is 0 Å². The van der Waals surface area contributed by atoms with Crippen molar-refractivity contribution in [3.63, 3.8) is 0 Å². The third kappa shape index (κ3) is 11.8. The second-order valence-electron chi connectivity index (χ2n) is 4.39. The van der Waals surface area contributed by atoms with E-state index >= 15 is 0 Å². The van der Waals surface area contributed by atoms with E-state index in [1.165, 1.54) is 0 Å². The molecule has 0 rings (SSSR count). The van der Waals surface area contributed by atoms with Crippen molar-refractivity contribution in [1.82, 2.24) is 0 Å². The lowest BCUT2D eigenvalue weighted by Gasteiger charge is -2.27. The van der Waals surface area contributed by atoms with Gasteiger partial charge in [-0.3, -0.25) is 0 Å². The Morgan fingerprint density at radius 3 is 1.20 bits per heavy atom. The van der Waals surface area contributed by atoms with Crippen LogP contribution >= 0.6 is 104 Å². The molecule has 0 heterocycles. The Balaban J connectivity index is 4.57. The smallest absolute Gasteiger partial charge is 0.192 e. The molecule has 0 amide bonds. The number of carbonyl (C=O) groups is 1. The summed E-state index contributed by atoms with van der Waals surface area (Å²) < 4.78 is -3.05. The molecule has 2 atom stereocenters. The molecule has 0 aromatic carbocycles. The molecule has 20 heavy (non-hydrogen) atoms. The minimum absolute atomic E-state index is 0.0406. The average molecular weight is 466 g/mol. The number of rotatable bonds is 7. The second-order valence-corrected chi connectivity index (χ2v) is 11.4. The minimum atomic E-state index is -1.52. The van der Waals surface area contributed by atoms with Gasteiger partial charge in [-0.15, -0.1) is 34.8 Å². The van der Waals surface area contributed by atoms with Crippen LogP contribution in [0.2, 0.25) is 0 Å². The molecular formula is C10H11Cl9O. The van der Waals surface area contributed by atoms with Crippen molar-refractivity contribution in [2.75, 3.05) is 0 Å². The van der Waals surface area contributed by atoms with Crippen molar-refractivity contribution in [2.45, 2.75) is 48.9 Å². The molecule has 0 saturated heterocycles. The molecule has 0 aromatic rings. The van der Waals surface area contributed by atoms with E-state index in [2.05, 4.69) is 0 Å². The van der Waals surface area contributed by atoms with E-state index in [0.717, 1.165) is 0 Å². The van der Waals surface area contributed by atoms with Gasteiger partial charge in [0.05, 0.1) is 0 Å². The van der Waals surface area contributed by atoms with Gasteiger partial charge in [-0.1, -0.05) is 69.6 Å². The quantitative estimate of drug-likeness (QED) is 0.302. The first kappa shape index (κ1) is 22.3.